The van der Waals surface area contributed by atoms with Gasteiger partial charge in [-0.15, -0.1) is 0 Å². The SMILES string of the molecule is Cc1ccccc1-c1nc(CON=C(N)c2cc(F)c(F)c(F)c2)no1. The number of amidine groups is 1. The van der Waals surface area contributed by atoms with Crippen molar-refractivity contribution < 1.29 is 22.5 Å². The molecule has 0 aliphatic carbocycles. The van der Waals surface area contributed by atoms with E-state index in [1.54, 1.807) is 0 Å². The van der Waals surface area contributed by atoms with E-state index in [9.17, 15) is 13.2 Å². The van der Waals surface area contributed by atoms with E-state index in [1.807, 2.05) is 31.2 Å². The van der Waals surface area contributed by atoms with Gasteiger partial charge in [-0.1, -0.05) is 28.5 Å². The van der Waals surface area contributed by atoms with E-state index in [0.717, 1.165) is 11.1 Å². The summed E-state index contributed by atoms with van der Waals surface area (Å²) in [7, 11) is 0. The van der Waals surface area contributed by atoms with Crippen molar-refractivity contribution in [1.29, 1.82) is 0 Å². The first-order chi connectivity index (χ1) is 12.5. The van der Waals surface area contributed by atoms with E-state index >= 15 is 0 Å². The first-order valence-electron chi connectivity index (χ1n) is 7.44. The summed E-state index contributed by atoms with van der Waals surface area (Å²) in [6.45, 7) is 1.73. The zero-order valence-corrected chi connectivity index (χ0v) is 13.5. The average molecular weight is 362 g/mol. The molecule has 0 unspecified atom stereocenters. The van der Waals surface area contributed by atoms with Crippen LogP contribution in [0.2, 0.25) is 0 Å². The van der Waals surface area contributed by atoms with Crippen LogP contribution in [0.15, 0.2) is 46.1 Å². The lowest BCUT2D eigenvalue weighted by molar-refractivity contribution is 0.122. The van der Waals surface area contributed by atoms with Gasteiger partial charge in [0, 0.05) is 11.1 Å². The fraction of sp³-hybridized carbons (Fsp3) is 0.118. The summed E-state index contributed by atoms with van der Waals surface area (Å²) in [6, 6.07) is 8.89. The topological polar surface area (TPSA) is 86.5 Å². The molecule has 1 heterocycles. The highest BCUT2D eigenvalue weighted by molar-refractivity contribution is 5.97. The molecule has 0 amide bonds. The lowest BCUT2D eigenvalue weighted by Gasteiger charge is -2.02. The molecular formula is C17H13F3N4O2. The van der Waals surface area contributed by atoms with Crippen molar-refractivity contribution >= 4 is 5.84 Å². The van der Waals surface area contributed by atoms with Gasteiger partial charge in [-0.05, 0) is 30.7 Å². The Labute approximate surface area is 146 Å². The smallest absolute Gasteiger partial charge is 0.258 e. The van der Waals surface area contributed by atoms with Gasteiger partial charge in [0.05, 0.1) is 0 Å². The van der Waals surface area contributed by atoms with Gasteiger partial charge in [-0.2, -0.15) is 4.98 Å². The Balaban J connectivity index is 1.68. The van der Waals surface area contributed by atoms with Gasteiger partial charge < -0.3 is 15.1 Å². The van der Waals surface area contributed by atoms with Crippen LogP contribution in [-0.4, -0.2) is 16.0 Å². The molecule has 6 nitrogen and oxygen atoms in total. The minimum Gasteiger partial charge on any atom is -0.386 e. The van der Waals surface area contributed by atoms with E-state index in [4.69, 9.17) is 15.1 Å². The number of halogens is 3. The molecule has 0 aliphatic heterocycles. The van der Waals surface area contributed by atoms with Crippen LogP contribution in [0.3, 0.4) is 0 Å². The van der Waals surface area contributed by atoms with Crippen LogP contribution in [0.25, 0.3) is 11.5 Å². The first kappa shape index (κ1) is 17.5. The lowest BCUT2D eigenvalue weighted by Crippen LogP contribution is -2.15. The van der Waals surface area contributed by atoms with Crippen molar-refractivity contribution in [2.45, 2.75) is 13.5 Å². The molecule has 3 rings (SSSR count). The van der Waals surface area contributed by atoms with Crippen LogP contribution in [0.4, 0.5) is 13.2 Å². The predicted molar refractivity (Wildman–Crippen MR) is 86.3 cm³/mol. The second-order valence-electron chi connectivity index (χ2n) is 5.33. The highest BCUT2D eigenvalue weighted by Crippen LogP contribution is 2.21. The third kappa shape index (κ3) is 3.66. The summed E-state index contributed by atoms with van der Waals surface area (Å²) in [4.78, 5) is 9.13. The van der Waals surface area contributed by atoms with Gasteiger partial charge in [-0.25, -0.2) is 13.2 Å². The van der Waals surface area contributed by atoms with Crippen LogP contribution >= 0.6 is 0 Å². The fourth-order valence-electron chi connectivity index (χ4n) is 2.15. The summed E-state index contributed by atoms with van der Waals surface area (Å²) < 4.78 is 44.5. The van der Waals surface area contributed by atoms with Gasteiger partial charge in [0.1, 0.15) is 0 Å². The highest BCUT2D eigenvalue weighted by Gasteiger charge is 2.13. The Kier molecular flexibility index (Phi) is 4.87. The van der Waals surface area contributed by atoms with Gasteiger partial charge in [0.2, 0.25) is 5.82 Å². The second kappa shape index (κ2) is 7.26. The standard InChI is InChI=1S/C17H13F3N4O2/c1-9-4-2-3-5-11(9)17-22-14(23-26-17)8-25-24-16(21)10-6-12(18)15(20)13(19)7-10/h2-7H,8H2,1H3,(H2,21,24). The third-order valence-corrected chi connectivity index (χ3v) is 3.48. The van der Waals surface area contributed by atoms with Gasteiger partial charge in [0.25, 0.3) is 5.89 Å². The maximum atomic E-state index is 13.2. The van der Waals surface area contributed by atoms with Crippen molar-refractivity contribution in [1.82, 2.24) is 10.1 Å². The van der Waals surface area contributed by atoms with E-state index in [2.05, 4.69) is 15.3 Å². The number of nitrogens with two attached hydrogens (primary N) is 1. The number of nitrogens with zero attached hydrogens (tertiary/aromatic N) is 3. The maximum absolute atomic E-state index is 13.2. The molecule has 0 fully saturated rings. The van der Waals surface area contributed by atoms with Crippen LogP contribution in [0.5, 0.6) is 0 Å². The van der Waals surface area contributed by atoms with Crippen LogP contribution in [0.1, 0.15) is 17.0 Å². The molecule has 3 aromatic rings. The molecule has 0 atom stereocenters. The molecule has 1 aromatic heterocycles. The van der Waals surface area contributed by atoms with Crippen LogP contribution < -0.4 is 5.73 Å². The number of hydrogen-bond acceptors (Lipinski definition) is 5. The summed E-state index contributed by atoms with van der Waals surface area (Å²) in [5, 5.41) is 7.27. The fourth-order valence-corrected chi connectivity index (χ4v) is 2.15. The molecule has 2 aromatic carbocycles. The van der Waals surface area contributed by atoms with Crippen molar-refractivity contribution in [3.05, 3.63) is 70.8 Å². The monoisotopic (exact) mass is 362 g/mol. The van der Waals surface area contributed by atoms with E-state index in [1.165, 1.54) is 0 Å². The number of oxime groups is 1. The summed E-state index contributed by atoms with van der Waals surface area (Å²) in [5.74, 6) is -4.14. The lowest BCUT2D eigenvalue weighted by atomic mass is 10.1. The predicted octanol–water partition coefficient (Wildman–Crippen LogP) is 3.30. The molecule has 0 radical (unpaired) electrons. The number of hydrogen-bond donors (Lipinski definition) is 1. The molecule has 0 saturated heterocycles. The Morgan fingerprint density at radius 1 is 1.19 bits per heavy atom. The zero-order valence-electron chi connectivity index (χ0n) is 13.5. The second-order valence-corrected chi connectivity index (χ2v) is 5.33. The number of aromatic nitrogens is 2. The minimum atomic E-state index is -1.59. The van der Waals surface area contributed by atoms with E-state index in [0.29, 0.717) is 18.0 Å². The molecule has 0 aliphatic rings. The van der Waals surface area contributed by atoms with Crippen LogP contribution in [0, 0.1) is 24.4 Å². The molecule has 0 saturated carbocycles. The number of aryl methyl sites for hydroxylation is 1. The van der Waals surface area contributed by atoms with E-state index in [-0.39, 0.29) is 23.8 Å². The van der Waals surface area contributed by atoms with Crippen molar-refractivity contribution in [3.8, 4) is 11.5 Å². The quantitative estimate of drug-likeness (QED) is 0.326. The summed E-state index contributed by atoms with van der Waals surface area (Å²) >= 11 is 0. The Morgan fingerprint density at radius 2 is 1.88 bits per heavy atom. The van der Waals surface area contributed by atoms with Crippen molar-refractivity contribution in [2.75, 3.05) is 0 Å². The molecule has 9 heteroatoms. The number of benzene rings is 2. The van der Waals surface area contributed by atoms with E-state index < -0.39 is 17.5 Å². The largest absolute Gasteiger partial charge is 0.386 e. The zero-order chi connectivity index (χ0) is 18.7. The molecule has 26 heavy (non-hydrogen) atoms. The van der Waals surface area contributed by atoms with Gasteiger partial charge in [0.15, 0.2) is 29.9 Å². The maximum Gasteiger partial charge on any atom is 0.258 e. The Hall–Kier alpha value is -3.36. The Bertz CT molecular complexity index is 949. The van der Waals surface area contributed by atoms with Crippen molar-refractivity contribution in [2.24, 2.45) is 10.9 Å². The molecule has 0 spiro atoms. The highest BCUT2D eigenvalue weighted by atomic mass is 19.2. The van der Waals surface area contributed by atoms with Gasteiger partial charge in [-0.3, -0.25) is 0 Å². The molecular weight excluding hydrogens is 349 g/mol. The Morgan fingerprint density at radius 3 is 2.58 bits per heavy atom. The van der Waals surface area contributed by atoms with Crippen molar-refractivity contribution in [3.63, 3.8) is 0 Å². The molecule has 0 bridgehead atoms. The third-order valence-electron chi connectivity index (χ3n) is 3.48. The minimum absolute atomic E-state index is 0.157. The number of rotatable bonds is 5. The molecule has 134 valence electrons. The first-order valence-corrected chi connectivity index (χ1v) is 7.44. The average Bonchev–Trinajstić information content (AvgIpc) is 3.08. The van der Waals surface area contributed by atoms with Gasteiger partial charge >= 0.3 is 0 Å². The normalized spacial score (nSPS) is 11.6. The summed E-state index contributed by atoms with van der Waals surface area (Å²) in [5.41, 5.74) is 7.16. The summed E-state index contributed by atoms with van der Waals surface area (Å²) in [6.07, 6.45) is 0. The molecule has 2 N–H and O–H groups in total. The van der Waals surface area contributed by atoms with Crippen LogP contribution in [-0.2, 0) is 11.4 Å².